The number of guanidine groups is 3. The second kappa shape index (κ2) is 35.8. The zero-order valence-electron chi connectivity index (χ0n) is 51.7. The van der Waals surface area contributed by atoms with Gasteiger partial charge in [0.05, 0.1) is 31.8 Å². The number of aliphatic hydroxyl groups excluding tert-OH is 2. The lowest BCUT2D eigenvalue weighted by Gasteiger charge is -2.41. The molecule has 6 rings (SSSR count). The van der Waals surface area contributed by atoms with Gasteiger partial charge in [0, 0.05) is 70.0 Å². The molecule has 22 N–H and O–H groups in total. The molecule has 0 bridgehead atoms. The second-order valence-corrected chi connectivity index (χ2v) is 24.6. The number of carboxylic acids is 1. The van der Waals surface area contributed by atoms with Gasteiger partial charge in [0.1, 0.15) is 42.3 Å². The number of carboxylic acid groups (broad SMARTS) is 1. The fraction of sp³-hybridized carbons (Fsp3) is 0.610. The number of fused-ring (bicyclic) bond motifs is 1. The molecule has 1 aromatic heterocycles. The molecule has 33 heteroatoms. The van der Waals surface area contributed by atoms with Crippen LogP contribution in [0.5, 0.6) is 0 Å². The number of carbonyl (C=O) groups is 10. The number of β-amino-alcohol motifs (C(OH)–C–C–N with tert-alkyl or cyclic N) is 1. The van der Waals surface area contributed by atoms with E-state index < -0.39 is 133 Å². The normalized spacial score (nSPS) is 19.5. The molecule has 4 heterocycles. The first-order valence-electron chi connectivity index (χ1n) is 31.1. The van der Waals surface area contributed by atoms with E-state index in [9.17, 15) is 58.5 Å². The van der Waals surface area contributed by atoms with Gasteiger partial charge in [-0.1, -0.05) is 49.6 Å². The fourth-order valence-electron chi connectivity index (χ4n) is 12.0. The number of benzene rings is 1. The van der Waals surface area contributed by atoms with E-state index in [1.807, 2.05) is 6.07 Å². The van der Waals surface area contributed by atoms with Crippen LogP contribution in [0, 0.1) is 5.92 Å². The second-order valence-electron chi connectivity index (χ2n) is 23.6. The summed E-state index contributed by atoms with van der Waals surface area (Å²) < 4.78 is 0. The lowest BCUT2D eigenvalue weighted by Crippen LogP contribution is -2.61. The van der Waals surface area contributed by atoms with Gasteiger partial charge < -0.3 is 102 Å². The Balaban J connectivity index is 1.13. The lowest BCUT2D eigenvalue weighted by molar-refractivity contribution is -0.151. The van der Waals surface area contributed by atoms with Gasteiger partial charge in [0.2, 0.25) is 53.2 Å². The van der Waals surface area contributed by atoms with Gasteiger partial charge in [0.25, 0.3) is 0 Å². The number of aliphatic imine (C=N–C) groups is 3. The largest absolute Gasteiger partial charge is 0.480 e. The topological polar surface area (TPSA) is 524 Å². The molecule has 0 unspecified atom stereocenters. The minimum Gasteiger partial charge on any atom is -0.480 e. The highest BCUT2D eigenvalue weighted by Gasteiger charge is 2.47. The van der Waals surface area contributed by atoms with Crippen molar-refractivity contribution >= 4 is 88.3 Å². The standard InChI is InChI=1S/C59H91N19O13S/c60-39(16-6-20-67-57(61)62)49(83)73-40(17-7-21-68-58(63)64)52(86)76-23-9-19-44(76)55(89)78-31-37(80)26-45(78)51(85)70-28-47(81)72-42(27-38-15-10-24-92-38)50(84)74-43(33-79)53(87)77-30-36-14-5-4-13-35(36)25-46(77)54(88)75(29-34-11-2-1-3-12-34)32-48(82)71-41(56(90)91)18-8-22-69-59(65)66/h4-5,10,13-15,24,34,37,39-46,79-80H,1-3,6-9,11-12,16-23,25-33,60H2,(H,70,85)(H,71,82)(H,72,81)(H,73,83)(H,74,84)(H,90,91)(H4,61,62,67)(H4,63,64,68)(H4,65,66,69)/t37-,39+,40+,41+,42+,43+,44+,45+,46-/m1/s1. The molecule has 3 fully saturated rings. The summed E-state index contributed by atoms with van der Waals surface area (Å²) in [5, 5.41) is 46.4. The van der Waals surface area contributed by atoms with Crippen molar-refractivity contribution in [1.29, 1.82) is 0 Å². The summed E-state index contributed by atoms with van der Waals surface area (Å²) in [6, 6.07) is 0.329. The van der Waals surface area contributed by atoms with Crippen molar-refractivity contribution in [3.8, 4) is 0 Å². The van der Waals surface area contributed by atoms with Crippen LogP contribution in [0.25, 0.3) is 0 Å². The average molecular weight is 1310 g/mol. The number of amides is 9. The minimum atomic E-state index is -1.67. The third kappa shape index (κ3) is 21.7. The number of hydrogen-bond acceptors (Lipinski definition) is 17. The average Bonchev–Trinajstić information content (AvgIpc) is 1.24. The van der Waals surface area contributed by atoms with Crippen molar-refractivity contribution in [2.75, 3.05) is 59.0 Å². The first kappa shape index (κ1) is 72.4. The number of thiophene rings is 1. The van der Waals surface area contributed by atoms with Gasteiger partial charge in [-0.3, -0.25) is 58.1 Å². The highest BCUT2D eigenvalue weighted by Crippen LogP contribution is 2.30. The summed E-state index contributed by atoms with van der Waals surface area (Å²) in [6.45, 7) is -1.88. The first-order chi connectivity index (χ1) is 43.9. The van der Waals surface area contributed by atoms with Crippen LogP contribution < -0.4 is 66.7 Å². The molecule has 1 aliphatic carbocycles. The predicted octanol–water partition coefficient (Wildman–Crippen LogP) is -4.77. The van der Waals surface area contributed by atoms with Crippen LogP contribution in [0.4, 0.5) is 0 Å². The molecule has 9 amide bonds. The van der Waals surface area contributed by atoms with Crippen LogP contribution in [-0.4, -0.2) is 225 Å². The monoisotopic (exact) mass is 1310 g/mol. The number of hydrogen-bond donors (Lipinski definition) is 15. The maximum Gasteiger partial charge on any atom is 0.326 e. The predicted molar refractivity (Wildman–Crippen MR) is 340 cm³/mol. The Kier molecular flexibility index (Phi) is 28.2. The Morgan fingerprint density at radius 3 is 1.88 bits per heavy atom. The number of aliphatic carboxylic acids is 1. The highest BCUT2D eigenvalue weighted by molar-refractivity contribution is 7.09. The number of likely N-dealkylation sites (tertiary alicyclic amines) is 2. The highest BCUT2D eigenvalue weighted by atomic mass is 32.1. The van der Waals surface area contributed by atoms with E-state index >= 15 is 4.79 Å². The Bertz CT molecular complexity index is 2970. The quantitative estimate of drug-likeness (QED) is 0.0181. The molecule has 1 saturated carbocycles. The number of aliphatic hydroxyl groups is 2. The van der Waals surface area contributed by atoms with E-state index in [2.05, 4.69) is 41.6 Å². The summed E-state index contributed by atoms with van der Waals surface area (Å²) >= 11 is 1.27. The zero-order chi connectivity index (χ0) is 67.0. The summed E-state index contributed by atoms with van der Waals surface area (Å²) in [6.07, 6.45) is 4.54. The maximum absolute atomic E-state index is 15.1. The van der Waals surface area contributed by atoms with Gasteiger partial charge in [-0.15, -0.1) is 11.3 Å². The van der Waals surface area contributed by atoms with Crippen molar-refractivity contribution < 1.29 is 63.3 Å². The zero-order valence-corrected chi connectivity index (χ0v) is 52.5. The molecule has 4 aliphatic rings. The third-order valence-corrected chi connectivity index (χ3v) is 17.6. The van der Waals surface area contributed by atoms with E-state index in [4.69, 9.17) is 40.1 Å². The van der Waals surface area contributed by atoms with Crippen molar-refractivity contribution in [1.82, 2.24) is 46.2 Å². The Morgan fingerprint density at radius 1 is 0.652 bits per heavy atom. The summed E-state index contributed by atoms with van der Waals surface area (Å²) in [7, 11) is 0. The maximum atomic E-state index is 15.1. The minimum absolute atomic E-state index is 0.00103. The molecule has 0 spiro atoms. The van der Waals surface area contributed by atoms with E-state index in [1.165, 1.54) is 26.0 Å². The molecule has 92 heavy (non-hydrogen) atoms. The molecule has 2 aromatic rings. The van der Waals surface area contributed by atoms with Crippen molar-refractivity contribution in [3.63, 3.8) is 0 Å². The number of nitrogens with two attached hydrogens (primary N) is 7. The van der Waals surface area contributed by atoms with E-state index in [0.29, 0.717) is 23.3 Å². The number of nitrogens with zero attached hydrogens (tertiary/aromatic N) is 7. The van der Waals surface area contributed by atoms with Crippen LogP contribution in [0.2, 0.25) is 0 Å². The SMILES string of the molecule is NC(N)=NCCC[C@H](NC(=O)CN(CC1CCCCC1)C(=O)[C@H]1Cc2ccccc2CN1C(=O)[C@H](CO)NC(=O)[C@H](Cc1cccs1)NC(=O)CNC(=O)[C@@H]1C[C@@H](O)CN1C(=O)[C@@H]1CCCN1C(=O)[C@H](CCCN=C(N)N)NC(=O)[C@@H](N)CCCN=C(N)N)C(=O)O. The van der Waals surface area contributed by atoms with E-state index in [1.54, 1.807) is 35.7 Å². The molecule has 0 radical (unpaired) electrons. The van der Waals surface area contributed by atoms with Crippen molar-refractivity contribution in [3.05, 3.63) is 57.8 Å². The molecular formula is C59H91N19O13S. The van der Waals surface area contributed by atoms with Gasteiger partial charge in [-0.25, -0.2) is 4.79 Å². The molecular weight excluding hydrogens is 1210 g/mol. The van der Waals surface area contributed by atoms with Gasteiger partial charge in [-0.05, 0) is 92.7 Å². The molecule has 1 aromatic carbocycles. The van der Waals surface area contributed by atoms with Crippen molar-refractivity contribution in [2.24, 2.45) is 61.0 Å². The van der Waals surface area contributed by atoms with E-state index in [0.717, 1.165) is 42.6 Å². The Morgan fingerprint density at radius 2 is 1.26 bits per heavy atom. The summed E-state index contributed by atoms with van der Waals surface area (Å²) in [5.74, 6) is -8.43. The third-order valence-electron chi connectivity index (χ3n) is 16.7. The van der Waals surface area contributed by atoms with E-state index in [-0.39, 0.29) is 127 Å². The lowest BCUT2D eigenvalue weighted by atomic mass is 9.88. The Hall–Kier alpha value is -8.69. The summed E-state index contributed by atoms with van der Waals surface area (Å²) in [5.41, 5.74) is 40.2. The molecule has 2 saturated heterocycles. The molecule has 506 valence electrons. The van der Waals surface area contributed by atoms with Crippen LogP contribution in [0.1, 0.15) is 106 Å². The summed E-state index contributed by atoms with van der Waals surface area (Å²) in [4.78, 5) is 158. The smallest absolute Gasteiger partial charge is 0.326 e. The van der Waals surface area contributed by atoms with Crippen LogP contribution >= 0.6 is 11.3 Å². The van der Waals surface area contributed by atoms with Gasteiger partial charge in [-0.2, -0.15) is 0 Å². The molecule has 3 aliphatic heterocycles. The van der Waals surface area contributed by atoms with Crippen LogP contribution in [0.3, 0.4) is 0 Å². The van der Waals surface area contributed by atoms with Gasteiger partial charge >= 0.3 is 5.97 Å². The first-order valence-corrected chi connectivity index (χ1v) is 32.0. The van der Waals surface area contributed by atoms with Crippen LogP contribution in [-0.2, 0) is 67.3 Å². The van der Waals surface area contributed by atoms with Crippen LogP contribution in [0.15, 0.2) is 56.8 Å². The number of rotatable bonds is 33. The number of carbonyl (C=O) groups excluding carboxylic acids is 9. The fourth-order valence-corrected chi connectivity index (χ4v) is 12.7. The van der Waals surface area contributed by atoms with Crippen molar-refractivity contribution in [2.45, 2.75) is 164 Å². The number of nitrogens with one attached hydrogen (secondary N) is 5. The molecule has 9 atom stereocenters. The molecule has 32 nitrogen and oxygen atoms in total. The Labute approximate surface area is 537 Å². The van der Waals surface area contributed by atoms with Gasteiger partial charge in [0.15, 0.2) is 17.9 Å².